The third-order valence-corrected chi connectivity index (χ3v) is 2.61. The number of hydrogen-bond acceptors (Lipinski definition) is 2. The fraction of sp³-hybridized carbons (Fsp3) is 0.875. The Morgan fingerprint density at radius 3 is 2.73 bits per heavy atom. The molecule has 1 aliphatic heterocycles. The summed E-state index contributed by atoms with van der Waals surface area (Å²) in [4.78, 5) is 13.1. The maximum atomic E-state index is 11.1. The first-order chi connectivity index (χ1) is 5.25. The summed E-state index contributed by atoms with van der Waals surface area (Å²) in [6.07, 6.45) is 2.26. The van der Waals surface area contributed by atoms with Crippen molar-refractivity contribution in [2.24, 2.45) is 0 Å². The molecular weight excluding hydrogens is 142 g/mol. The molecule has 11 heavy (non-hydrogen) atoms. The van der Waals surface area contributed by atoms with E-state index in [-0.39, 0.29) is 11.4 Å². The number of hydrogen-bond donors (Lipinski definition) is 0. The summed E-state index contributed by atoms with van der Waals surface area (Å²) in [7, 11) is 0. The molecular formula is C8H13NO2. The number of amides is 1. The number of carbonyl (C=O) groups is 1. The normalized spacial score (nSPS) is 27.2. The molecule has 0 N–H and O–H groups in total. The van der Waals surface area contributed by atoms with Crippen molar-refractivity contribution in [2.75, 3.05) is 19.8 Å². The third kappa shape index (κ3) is 1.03. The molecule has 2 fully saturated rings. The van der Waals surface area contributed by atoms with Crippen LogP contribution in [0.15, 0.2) is 0 Å². The third-order valence-electron chi connectivity index (χ3n) is 2.61. The molecule has 0 unspecified atom stereocenters. The minimum absolute atomic E-state index is 0.129. The highest BCUT2D eigenvalue weighted by Crippen LogP contribution is 2.43. The standard InChI is InChI=1S/C8H13NO2/c1-7(10)9-4-5-11-6-8(9)2-3-8/h2-6H2,1H3. The van der Waals surface area contributed by atoms with Gasteiger partial charge in [0.05, 0.1) is 18.8 Å². The lowest BCUT2D eigenvalue weighted by Crippen LogP contribution is -2.49. The van der Waals surface area contributed by atoms with Gasteiger partial charge in [0.25, 0.3) is 0 Å². The first-order valence-corrected chi connectivity index (χ1v) is 4.11. The fourth-order valence-corrected chi connectivity index (χ4v) is 1.78. The second-order valence-electron chi connectivity index (χ2n) is 3.45. The monoisotopic (exact) mass is 155 g/mol. The molecule has 3 nitrogen and oxygen atoms in total. The summed E-state index contributed by atoms with van der Waals surface area (Å²) in [5.74, 6) is 0.200. The van der Waals surface area contributed by atoms with E-state index in [0.717, 1.165) is 26.0 Å². The zero-order chi connectivity index (χ0) is 7.90. The molecule has 62 valence electrons. The van der Waals surface area contributed by atoms with E-state index in [4.69, 9.17) is 4.74 Å². The number of ether oxygens (including phenoxy) is 1. The lowest BCUT2D eigenvalue weighted by atomic mass is 10.2. The van der Waals surface area contributed by atoms with Gasteiger partial charge in [0.2, 0.25) is 5.91 Å². The van der Waals surface area contributed by atoms with Crippen molar-refractivity contribution in [3.63, 3.8) is 0 Å². The smallest absolute Gasteiger partial charge is 0.220 e. The van der Waals surface area contributed by atoms with E-state index in [2.05, 4.69) is 0 Å². The molecule has 0 aromatic carbocycles. The SMILES string of the molecule is CC(=O)N1CCOCC12CC2. The van der Waals surface area contributed by atoms with E-state index in [9.17, 15) is 4.79 Å². The molecule has 0 aromatic rings. The molecule has 1 saturated heterocycles. The van der Waals surface area contributed by atoms with E-state index in [1.807, 2.05) is 4.90 Å². The van der Waals surface area contributed by atoms with Gasteiger partial charge in [-0.2, -0.15) is 0 Å². The maximum Gasteiger partial charge on any atom is 0.220 e. The predicted octanol–water partition coefficient (Wildman–Crippen LogP) is 0.398. The van der Waals surface area contributed by atoms with Crippen molar-refractivity contribution >= 4 is 5.91 Å². The second-order valence-corrected chi connectivity index (χ2v) is 3.45. The van der Waals surface area contributed by atoms with Crippen molar-refractivity contribution in [3.8, 4) is 0 Å². The molecule has 0 bridgehead atoms. The van der Waals surface area contributed by atoms with Crippen LogP contribution in [0.3, 0.4) is 0 Å². The van der Waals surface area contributed by atoms with Crippen molar-refractivity contribution in [3.05, 3.63) is 0 Å². The lowest BCUT2D eigenvalue weighted by Gasteiger charge is -2.35. The molecule has 0 aromatic heterocycles. The van der Waals surface area contributed by atoms with Crippen LogP contribution >= 0.6 is 0 Å². The minimum atomic E-state index is 0.129. The Kier molecular flexibility index (Phi) is 1.42. The van der Waals surface area contributed by atoms with Crippen molar-refractivity contribution in [2.45, 2.75) is 25.3 Å². The molecule has 1 saturated carbocycles. The summed E-state index contributed by atoms with van der Waals surface area (Å²) in [5.41, 5.74) is 0.129. The van der Waals surface area contributed by atoms with Gasteiger partial charge in [-0.05, 0) is 12.8 Å². The highest BCUT2D eigenvalue weighted by molar-refractivity contribution is 5.74. The maximum absolute atomic E-state index is 11.1. The van der Waals surface area contributed by atoms with Gasteiger partial charge in [0.1, 0.15) is 0 Å². The van der Waals surface area contributed by atoms with Crippen molar-refractivity contribution in [1.82, 2.24) is 4.90 Å². The molecule has 2 aliphatic rings. The summed E-state index contributed by atoms with van der Waals surface area (Å²) in [6.45, 7) is 3.90. The Labute approximate surface area is 66.3 Å². The van der Waals surface area contributed by atoms with E-state index < -0.39 is 0 Å². The highest BCUT2D eigenvalue weighted by atomic mass is 16.5. The Morgan fingerprint density at radius 2 is 2.27 bits per heavy atom. The van der Waals surface area contributed by atoms with Gasteiger partial charge >= 0.3 is 0 Å². The van der Waals surface area contributed by atoms with E-state index in [1.54, 1.807) is 6.92 Å². The average Bonchev–Trinajstić information content (AvgIpc) is 2.70. The van der Waals surface area contributed by atoms with Crippen molar-refractivity contribution < 1.29 is 9.53 Å². The first kappa shape index (κ1) is 7.10. The molecule has 1 aliphatic carbocycles. The molecule has 0 radical (unpaired) electrons. The van der Waals surface area contributed by atoms with Crippen LogP contribution in [0.5, 0.6) is 0 Å². The summed E-state index contributed by atoms with van der Waals surface area (Å²) >= 11 is 0. The zero-order valence-electron chi connectivity index (χ0n) is 6.80. The van der Waals surface area contributed by atoms with Gasteiger partial charge in [0, 0.05) is 13.5 Å². The van der Waals surface area contributed by atoms with Crippen LogP contribution in [0.4, 0.5) is 0 Å². The summed E-state index contributed by atoms with van der Waals surface area (Å²) in [6, 6.07) is 0. The number of morpholine rings is 1. The number of rotatable bonds is 0. The molecule has 0 atom stereocenters. The van der Waals surface area contributed by atoms with E-state index in [1.165, 1.54) is 0 Å². The highest BCUT2D eigenvalue weighted by Gasteiger charge is 2.51. The van der Waals surface area contributed by atoms with Crippen LogP contribution in [0.1, 0.15) is 19.8 Å². The van der Waals surface area contributed by atoms with Gasteiger partial charge in [0.15, 0.2) is 0 Å². The predicted molar refractivity (Wildman–Crippen MR) is 40.2 cm³/mol. The summed E-state index contributed by atoms with van der Waals surface area (Å²) < 4.78 is 5.33. The van der Waals surface area contributed by atoms with Crippen LogP contribution in [0, 0.1) is 0 Å². The van der Waals surface area contributed by atoms with Crippen LogP contribution in [-0.2, 0) is 9.53 Å². The second kappa shape index (κ2) is 2.21. The van der Waals surface area contributed by atoms with Gasteiger partial charge in [-0.25, -0.2) is 0 Å². The van der Waals surface area contributed by atoms with Gasteiger partial charge in [-0.3, -0.25) is 4.79 Å². The van der Waals surface area contributed by atoms with Crippen LogP contribution in [-0.4, -0.2) is 36.1 Å². The lowest BCUT2D eigenvalue weighted by molar-refractivity contribution is -0.139. The largest absolute Gasteiger partial charge is 0.377 e. The Balaban J connectivity index is 2.10. The van der Waals surface area contributed by atoms with E-state index >= 15 is 0 Å². The van der Waals surface area contributed by atoms with Crippen LogP contribution in [0.2, 0.25) is 0 Å². The summed E-state index contributed by atoms with van der Waals surface area (Å²) in [5, 5.41) is 0. The number of nitrogens with zero attached hydrogens (tertiary/aromatic N) is 1. The van der Waals surface area contributed by atoms with Gasteiger partial charge in [-0.15, -0.1) is 0 Å². The Hall–Kier alpha value is -0.570. The van der Waals surface area contributed by atoms with E-state index in [0.29, 0.717) is 6.61 Å². The molecule has 2 rings (SSSR count). The van der Waals surface area contributed by atoms with Gasteiger partial charge < -0.3 is 9.64 Å². The fourth-order valence-electron chi connectivity index (χ4n) is 1.78. The van der Waals surface area contributed by atoms with Crippen molar-refractivity contribution in [1.29, 1.82) is 0 Å². The zero-order valence-corrected chi connectivity index (χ0v) is 6.80. The average molecular weight is 155 g/mol. The molecule has 1 heterocycles. The Bertz CT molecular complexity index is 187. The minimum Gasteiger partial charge on any atom is -0.377 e. The topological polar surface area (TPSA) is 29.5 Å². The number of carbonyl (C=O) groups excluding carboxylic acids is 1. The van der Waals surface area contributed by atoms with Crippen LogP contribution in [0.25, 0.3) is 0 Å². The Morgan fingerprint density at radius 1 is 1.55 bits per heavy atom. The quantitative estimate of drug-likeness (QED) is 0.506. The van der Waals surface area contributed by atoms with Crippen LogP contribution < -0.4 is 0 Å². The first-order valence-electron chi connectivity index (χ1n) is 4.11. The molecule has 1 spiro atoms. The molecule has 1 amide bonds. The molecule has 3 heteroatoms. The van der Waals surface area contributed by atoms with Gasteiger partial charge in [-0.1, -0.05) is 0 Å².